The molecule has 0 saturated heterocycles. The number of hydrogen-bond acceptors (Lipinski definition) is 2. The van der Waals surface area contributed by atoms with Gasteiger partial charge in [0, 0.05) is 11.3 Å². The maximum Gasteiger partial charge on any atom is 0.243 e. The molecule has 0 unspecified atom stereocenters. The monoisotopic (exact) mass is 298 g/mol. The fourth-order valence-electron chi connectivity index (χ4n) is 1.82. The number of terminal acetylenes is 1. The third kappa shape index (κ3) is 4.27. The van der Waals surface area contributed by atoms with Crippen LogP contribution >= 0.6 is 11.6 Å². The minimum absolute atomic E-state index is 0.137. The average molecular weight is 299 g/mol. The van der Waals surface area contributed by atoms with Gasteiger partial charge in [-0.15, -0.1) is 6.42 Å². The molecule has 0 radical (unpaired) electrons. The second-order valence-corrected chi connectivity index (χ2v) is 5.02. The Kier molecular flexibility index (Phi) is 4.86. The van der Waals surface area contributed by atoms with Crippen molar-refractivity contribution >= 4 is 28.9 Å². The van der Waals surface area contributed by atoms with Crippen LogP contribution in [0.4, 0.5) is 11.4 Å². The van der Waals surface area contributed by atoms with Gasteiger partial charge in [0.2, 0.25) is 5.91 Å². The van der Waals surface area contributed by atoms with Crippen molar-refractivity contribution in [1.29, 1.82) is 0 Å². The third-order valence-electron chi connectivity index (χ3n) is 2.88. The maximum absolute atomic E-state index is 11.9. The number of carbonyl (C=O) groups is 1. The Morgan fingerprint density at radius 1 is 1.29 bits per heavy atom. The van der Waals surface area contributed by atoms with E-state index in [0.717, 1.165) is 16.8 Å². The van der Waals surface area contributed by atoms with Crippen LogP contribution in [-0.4, -0.2) is 12.5 Å². The number of nitrogens with one attached hydrogen (secondary N) is 2. The van der Waals surface area contributed by atoms with Gasteiger partial charge in [0.05, 0.1) is 17.3 Å². The molecule has 0 fully saturated rings. The molecule has 0 aliphatic rings. The Bertz CT molecular complexity index is 704. The summed E-state index contributed by atoms with van der Waals surface area (Å²) in [6.45, 7) is 2.08. The fourth-order valence-corrected chi connectivity index (χ4v) is 2.10. The molecule has 2 rings (SSSR count). The molecule has 0 spiro atoms. The van der Waals surface area contributed by atoms with Gasteiger partial charge in [-0.3, -0.25) is 4.79 Å². The summed E-state index contributed by atoms with van der Waals surface area (Å²) >= 11 is 6.07. The lowest BCUT2D eigenvalue weighted by Crippen LogP contribution is -2.21. The molecular formula is C17H15ClN2O. The van der Waals surface area contributed by atoms with Crippen molar-refractivity contribution in [3.8, 4) is 12.3 Å². The van der Waals surface area contributed by atoms with Crippen LogP contribution in [0.25, 0.3) is 0 Å². The molecule has 0 aromatic heterocycles. The smallest absolute Gasteiger partial charge is 0.243 e. The highest BCUT2D eigenvalue weighted by Gasteiger charge is 2.06. The van der Waals surface area contributed by atoms with Crippen molar-refractivity contribution in [3.63, 3.8) is 0 Å². The van der Waals surface area contributed by atoms with Crippen LogP contribution in [0.3, 0.4) is 0 Å². The second-order valence-electron chi connectivity index (χ2n) is 4.61. The molecule has 1 amide bonds. The molecule has 0 aliphatic heterocycles. The number of amides is 1. The SMILES string of the molecule is C#Cc1cccc(NCC(=O)Nc2ccc(C)cc2Cl)c1. The molecule has 21 heavy (non-hydrogen) atoms. The Hall–Kier alpha value is -2.44. The standard InChI is InChI=1S/C17H15ClN2O/c1-3-13-5-4-6-14(10-13)19-11-17(21)20-16-8-7-12(2)9-15(16)18/h1,4-10,19H,11H2,2H3,(H,20,21). The molecule has 0 heterocycles. The van der Waals surface area contributed by atoms with Crippen LogP contribution in [0, 0.1) is 19.3 Å². The fraction of sp³-hybridized carbons (Fsp3) is 0.118. The summed E-state index contributed by atoms with van der Waals surface area (Å²) in [5, 5.41) is 6.31. The van der Waals surface area contributed by atoms with Crippen LogP contribution in [0.5, 0.6) is 0 Å². The quantitative estimate of drug-likeness (QED) is 0.846. The first kappa shape index (κ1) is 15.0. The van der Waals surface area contributed by atoms with Gasteiger partial charge < -0.3 is 10.6 Å². The number of hydrogen-bond donors (Lipinski definition) is 2. The number of carbonyl (C=O) groups excluding carboxylic acids is 1. The lowest BCUT2D eigenvalue weighted by molar-refractivity contribution is -0.114. The van der Waals surface area contributed by atoms with Gasteiger partial charge in [0.25, 0.3) is 0 Å². The first-order valence-corrected chi connectivity index (χ1v) is 6.83. The van der Waals surface area contributed by atoms with Crippen LogP contribution in [0.2, 0.25) is 5.02 Å². The van der Waals surface area contributed by atoms with Gasteiger partial charge in [-0.1, -0.05) is 29.7 Å². The van der Waals surface area contributed by atoms with Gasteiger partial charge in [-0.2, -0.15) is 0 Å². The van der Waals surface area contributed by atoms with Crippen molar-refractivity contribution in [3.05, 3.63) is 58.6 Å². The Balaban J connectivity index is 1.94. The van der Waals surface area contributed by atoms with E-state index in [1.54, 1.807) is 12.1 Å². The molecule has 2 aromatic carbocycles. The Labute approximate surface area is 129 Å². The van der Waals surface area contributed by atoms with E-state index in [9.17, 15) is 4.79 Å². The van der Waals surface area contributed by atoms with Gasteiger partial charge in [-0.25, -0.2) is 0 Å². The predicted octanol–water partition coefficient (Wildman–Crippen LogP) is 3.68. The van der Waals surface area contributed by atoms with Crippen LogP contribution in [0.15, 0.2) is 42.5 Å². The van der Waals surface area contributed by atoms with Crippen LogP contribution < -0.4 is 10.6 Å². The lowest BCUT2D eigenvalue weighted by atomic mass is 10.2. The van der Waals surface area contributed by atoms with Crippen LogP contribution in [0.1, 0.15) is 11.1 Å². The number of aryl methyl sites for hydroxylation is 1. The zero-order valence-corrected chi connectivity index (χ0v) is 12.4. The summed E-state index contributed by atoms with van der Waals surface area (Å²) in [7, 11) is 0. The topological polar surface area (TPSA) is 41.1 Å². The van der Waals surface area contributed by atoms with E-state index in [1.165, 1.54) is 0 Å². The van der Waals surface area contributed by atoms with Crippen molar-refractivity contribution in [1.82, 2.24) is 0 Å². The zero-order valence-electron chi connectivity index (χ0n) is 11.6. The maximum atomic E-state index is 11.9. The zero-order chi connectivity index (χ0) is 15.2. The Morgan fingerprint density at radius 3 is 2.81 bits per heavy atom. The molecule has 0 bridgehead atoms. The molecular weight excluding hydrogens is 284 g/mol. The lowest BCUT2D eigenvalue weighted by Gasteiger charge is -2.09. The van der Waals surface area contributed by atoms with Crippen LogP contribution in [-0.2, 0) is 4.79 Å². The minimum atomic E-state index is -0.174. The van der Waals surface area contributed by atoms with E-state index >= 15 is 0 Å². The van der Waals surface area contributed by atoms with E-state index < -0.39 is 0 Å². The van der Waals surface area contributed by atoms with Crippen molar-refractivity contribution in [2.75, 3.05) is 17.2 Å². The van der Waals surface area contributed by atoms with Crippen molar-refractivity contribution in [2.45, 2.75) is 6.92 Å². The second kappa shape index (κ2) is 6.83. The molecule has 0 saturated carbocycles. The van der Waals surface area contributed by atoms with Gasteiger partial charge >= 0.3 is 0 Å². The average Bonchev–Trinajstić information content (AvgIpc) is 2.48. The molecule has 3 nitrogen and oxygen atoms in total. The summed E-state index contributed by atoms with van der Waals surface area (Å²) in [6.07, 6.45) is 5.33. The van der Waals surface area contributed by atoms with Gasteiger partial charge in [0.1, 0.15) is 0 Å². The number of rotatable bonds is 4. The summed E-state index contributed by atoms with van der Waals surface area (Å²) in [4.78, 5) is 11.9. The van der Waals surface area contributed by atoms with Crippen molar-refractivity contribution in [2.24, 2.45) is 0 Å². The summed E-state index contributed by atoms with van der Waals surface area (Å²) in [6, 6.07) is 12.8. The molecule has 0 aliphatic carbocycles. The molecule has 2 aromatic rings. The predicted molar refractivity (Wildman–Crippen MR) is 87.7 cm³/mol. The minimum Gasteiger partial charge on any atom is -0.376 e. The van der Waals surface area contributed by atoms with E-state index in [-0.39, 0.29) is 12.5 Å². The first-order valence-electron chi connectivity index (χ1n) is 6.45. The first-order chi connectivity index (χ1) is 10.1. The number of halogens is 1. The summed E-state index contributed by atoms with van der Waals surface area (Å²) in [5.41, 5.74) is 3.21. The third-order valence-corrected chi connectivity index (χ3v) is 3.19. The molecule has 2 N–H and O–H groups in total. The summed E-state index contributed by atoms with van der Waals surface area (Å²) in [5.74, 6) is 2.38. The largest absolute Gasteiger partial charge is 0.376 e. The van der Waals surface area contributed by atoms with E-state index in [1.807, 2.05) is 37.3 Å². The van der Waals surface area contributed by atoms with E-state index in [0.29, 0.717) is 10.7 Å². The molecule has 4 heteroatoms. The summed E-state index contributed by atoms with van der Waals surface area (Å²) < 4.78 is 0. The Morgan fingerprint density at radius 2 is 2.10 bits per heavy atom. The van der Waals surface area contributed by atoms with Gasteiger partial charge in [-0.05, 0) is 42.8 Å². The van der Waals surface area contributed by atoms with E-state index in [2.05, 4.69) is 16.6 Å². The highest BCUT2D eigenvalue weighted by Crippen LogP contribution is 2.22. The van der Waals surface area contributed by atoms with Gasteiger partial charge in [0.15, 0.2) is 0 Å². The van der Waals surface area contributed by atoms with Crippen molar-refractivity contribution < 1.29 is 4.79 Å². The number of anilines is 2. The molecule has 0 atom stereocenters. The number of benzene rings is 2. The highest BCUT2D eigenvalue weighted by atomic mass is 35.5. The van der Waals surface area contributed by atoms with E-state index in [4.69, 9.17) is 18.0 Å². The molecule has 106 valence electrons. The normalized spacial score (nSPS) is 9.76. The highest BCUT2D eigenvalue weighted by molar-refractivity contribution is 6.33.